The molecule has 6 heteroatoms. The molecule has 0 saturated carbocycles. The van der Waals surface area contributed by atoms with Crippen LogP contribution in [-0.4, -0.2) is 48.8 Å². The molecule has 0 radical (unpaired) electrons. The zero-order valence-corrected chi connectivity index (χ0v) is 24.1. The van der Waals surface area contributed by atoms with Gasteiger partial charge in [0.2, 0.25) is 0 Å². The molecule has 0 bridgehead atoms. The van der Waals surface area contributed by atoms with Gasteiger partial charge in [0.15, 0.2) is 0 Å². The molecule has 4 aromatic carbocycles. The van der Waals surface area contributed by atoms with E-state index < -0.39 is 56.9 Å². The first-order valence-electron chi connectivity index (χ1n) is 17.0. The van der Waals surface area contributed by atoms with Crippen LogP contribution >= 0.6 is 0 Å². The Morgan fingerprint density at radius 1 is 0.535 bits per heavy atom. The standard InChI is InChI=1S/C37H42O6/c38-23-13-22-33-35(40-25-30-16-7-2-8-17-30)37(42-27-32-20-11-4-12-21-32)36(41-26-31-18-9-3-10-19-31)34(43-33)28-39-24-29-14-5-1-6-15-29/h1-12,14-21,33-38H,13,22-28H2/t33?,34-,35-,36-,37-/m1/s1/i24D,25D,26D,27D/t24?,25?,26?,27?,33?,34-,35-,36-,37-. The highest BCUT2D eigenvalue weighted by molar-refractivity contribution is 5.16. The number of aliphatic hydroxyl groups excluding tert-OH is 1. The van der Waals surface area contributed by atoms with E-state index in [1.165, 1.54) is 0 Å². The fourth-order valence-corrected chi connectivity index (χ4v) is 4.97. The van der Waals surface area contributed by atoms with Crippen molar-refractivity contribution in [1.29, 1.82) is 0 Å². The SMILES string of the molecule is [2H]C(OC[C@H]1OC(CCCO)[C@@H](OC([2H])c2ccccc2)[C@@H](OC([2H])c2ccccc2)[C@@H]1OC([2H])c1ccccc1)c1ccccc1. The summed E-state index contributed by atoms with van der Waals surface area (Å²) in [6.07, 6.45) is -3.64. The molecule has 43 heavy (non-hydrogen) atoms. The zero-order valence-electron chi connectivity index (χ0n) is 28.1. The second-order valence-electron chi connectivity index (χ2n) is 10.3. The smallest absolute Gasteiger partial charge is 0.115 e. The normalized spacial score (nSPS) is 26.2. The molecule has 5 unspecified atom stereocenters. The van der Waals surface area contributed by atoms with Gasteiger partial charge in [0.1, 0.15) is 24.4 Å². The Labute approximate surface area is 260 Å². The molecule has 226 valence electrons. The number of aliphatic hydroxyl groups is 1. The number of hydrogen-bond donors (Lipinski definition) is 1. The van der Waals surface area contributed by atoms with Gasteiger partial charge in [-0.15, -0.1) is 0 Å². The zero-order chi connectivity index (χ0) is 33.0. The molecule has 9 atom stereocenters. The molecule has 5 rings (SSSR count). The highest BCUT2D eigenvalue weighted by Gasteiger charge is 2.48. The predicted octanol–water partition coefficient (Wildman–Crippen LogP) is 6.50. The molecular formula is C37H42O6. The Balaban J connectivity index is 1.51. The summed E-state index contributed by atoms with van der Waals surface area (Å²) in [7, 11) is 0. The van der Waals surface area contributed by atoms with Crippen molar-refractivity contribution >= 4 is 0 Å². The molecule has 0 aliphatic carbocycles. The summed E-state index contributed by atoms with van der Waals surface area (Å²) in [5, 5.41) is 9.77. The summed E-state index contributed by atoms with van der Waals surface area (Å²) in [6, 6.07) is 36.5. The van der Waals surface area contributed by atoms with Crippen LogP contribution in [0.2, 0.25) is 0 Å². The highest BCUT2D eigenvalue weighted by atomic mass is 16.6. The molecule has 1 fully saturated rings. The van der Waals surface area contributed by atoms with Crippen molar-refractivity contribution in [2.75, 3.05) is 13.2 Å². The van der Waals surface area contributed by atoms with Gasteiger partial charge in [-0.05, 0) is 35.1 Å². The maximum absolute atomic E-state index is 9.77. The van der Waals surface area contributed by atoms with Crippen LogP contribution in [0.5, 0.6) is 0 Å². The molecule has 0 spiro atoms. The van der Waals surface area contributed by atoms with Crippen molar-refractivity contribution in [3.8, 4) is 0 Å². The van der Waals surface area contributed by atoms with Crippen LogP contribution in [0.15, 0.2) is 121 Å². The first kappa shape index (κ1) is 26.1. The molecular weight excluding hydrogens is 540 g/mol. The third-order valence-electron chi connectivity index (χ3n) is 7.14. The Bertz CT molecular complexity index is 1440. The van der Waals surface area contributed by atoms with E-state index in [0.29, 0.717) is 35.1 Å². The summed E-state index contributed by atoms with van der Waals surface area (Å²) in [5.41, 5.74) is 2.52. The summed E-state index contributed by atoms with van der Waals surface area (Å²) >= 11 is 0. The van der Waals surface area contributed by atoms with Gasteiger partial charge in [0, 0.05) is 6.61 Å². The maximum atomic E-state index is 9.77. The monoisotopic (exact) mass is 586 g/mol. The lowest BCUT2D eigenvalue weighted by molar-refractivity contribution is -0.273. The molecule has 0 amide bonds. The first-order valence-corrected chi connectivity index (χ1v) is 14.7. The lowest BCUT2D eigenvalue weighted by Gasteiger charge is -2.46. The van der Waals surface area contributed by atoms with E-state index in [0.717, 1.165) is 0 Å². The van der Waals surface area contributed by atoms with E-state index in [9.17, 15) is 5.11 Å². The molecule has 1 heterocycles. The maximum Gasteiger partial charge on any atom is 0.115 e. The lowest BCUT2D eigenvalue weighted by atomic mass is 9.91. The Kier molecular flexibility index (Phi) is 10.3. The molecule has 1 aliphatic heterocycles. The van der Waals surface area contributed by atoms with E-state index in [4.69, 9.17) is 29.2 Å². The summed E-state index contributed by atoms with van der Waals surface area (Å²) < 4.78 is 67.6. The molecule has 0 aromatic heterocycles. The molecule has 1 aliphatic rings. The van der Waals surface area contributed by atoms with Crippen molar-refractivity contribution in [3.63, 3.8) is 0 Å². The Hall–Kier alpha value is -3.36. The third-order valence-corrected chi connectivity index (χ3v) is 7.14. The van der Waals surface area contributed by atoms with Gasteiger partial charge in [-0.2, -0.15) is 0 Å². The number of hydrogen-bond acceptors (Lipinski definition) is 6. The minimum absolute atomic E-state index is 0.0750. The van der Waals surface area contributed by atoms with Gasteiger partial charge < -0.3 is 28.8 Å². The largest absolute Gasteiger partial charge is 0.396 e. The van der Waals surface area contributed by atoms with Crippen molar-refractivity contribution < 1.29 is 34.3 Å². The van der Waals surface area contributed by atoms with Gasteiger partial charge in [-0.1, -0.05) is 121 Å². The van der Waals surface area contributed by atoms with Crippen LogP contribution < -0.4 is 0 Å². The molecule has 6 nitrogen and oxygen atoms in total. The quantitative estimate of drug-likeness (QED) is 0.162. The second kappa shape index (κ2) is 17.1. The van der Waals surface area contributed by atoms with Crippen LogP contribution in [0, 0.1) is 0 Å². The fourth-order valence-electron chi connectivity index (χ4n) is 4.97. The number of benzene rings is 4. The van der Waals surface area contributed by atoms with Crippen LogP contribution in [0.3, 0.4) is 0 Å². The summed E-state index contributed by atoms with van der Waals surface area (Å²) in [5.74, 6) is 0. The third kappa shape index (κ3) is 9.57. The van der Waals surface area contributed by atoms with E-state index in [-0.39, 0.29) is 13.2 Å². The summed E-state index contributed by atoms with van der Waals surface area (Å²) in [4.78, 5) is 0. The Morgan fingerprint density at radius 3 is 1.37 bits per heavy atom. The highest BCUT2D eigenvalue weighted by Crippen LogP contribution is 2.32. The van der Waals surface area contributed by atoms with Gasteiger partial charge in [0.05, 0.1) is 44.5 Å². The predicted molar refractivity (Wildman–Crippen MR) is 166 cm³/mol. The Morgan fingerprint density at radius 2 is 0.930 bits per heavy atom. The second-order valence-corrected chi connectivity index (χ2v) is 10.3. The van der Waals surface area contributed by atoms with Crippen molar-refractivity contribution in [2.24, 2.45) is 0 Å². The average molecular weight is 587 g/mol. The number of rotatable bonds is 16. The van der Waals surface area contributed by atoms with Crippen LogP contribution in [-0.2, 0) is 50.0 Å². The van der Waals surface area contributed by atoms with E-state index >= 15 is 0 Å². The van der Waals surface area contributed by atoms with Crippen molar-refractivity contribution in [3.05, 3.63) is 144 Å². The number of ether oxygens (including phenoxy) is 5. The minimum atomic E-state index is -1.15. The average Bonchev–Trinajstić information content (AvgIpc) is 3.13. The van der Waals surface area contributed by atoms with Crippen LogP contribution in [0.1, 0.15) is 40.6 Å². The van der Waals surface area contributed by atoms with Gasteiger partial charge in [-0.25, -0.2) is 0 Å². The molecule has 4 aromatic rings. The topological polar surface area (TPSA) is 66.4 Å². The van der Waals surface area contributed by atoms with E-state index in [2.05, 4.69) is 0 Å². The van der Waals surface area contributed by atoms with E-state index in [1.807, 2.05) is 84.9 Å². The van der Waals surface area contributed by atoms with Gasteiger partial charge >= 0.3 is 0 Å². The minimum Gasteiger partial charge on any atom is -0.396 e. The summed E-state index contributed by atoms with van der Waals surface area (Å²) in [6.45, 7) is -4.57. The lowest BCUT2D eigenvalue weighted by Crippen LogP contribution is -2.61. The molecule has 1 N–H and O–H groups in total. The van der Waals surface area contributed by atoms with Gasteiger partial charge in [0.25, 0.3) is 0 Å². The molecule has 1 saturated heterocycles. The van der Waals surface area contributed by atoms with E-state index in [1.54, 1.807) is 36.4 Å². The van der Waals surface area contributed by atoms with Crippen molar-refractivity contribution in [2.45, 2.75) is 69.7 Å². The van der Waals surface area contributed by atoms with Gasteiger partial charge in [-0.3, -0.25) is 0 Å². The van der Waals surface area contributed by atoms with Crippen LogP contribution in [0.25, 0.3) is 0 Å². The first-order chi connectivity index (χ1) is 22.9. The van der Waals surface area contributed by atoms with Crippen LogP contribution in [0.4, 0.5) is 0 Å². The fraction of sp³-hybridized carbons (Fsp3) is 0.351. The van der Waals surface area contributed by atoms with Crippen molar-refractivity contribution in [1.82, 2.24) is 0 Å².